The molecule has 2 amide bonds. The van der Waals surface area contributed by atoms with Crippen LogP contribution in [-0.4, -0.2) is 26.0 Å². The molecule has 33 heavy (non-hydrogen) atoms. The molecule has 0 saturated carbocycles. The summed E-state index contributed by atoms with van der Waals surface area (Å²) < 4.78 is 10.6. The molecule has 0 atom stereocenters. The van der Waals surface area contributed by atoms with Crippen LogP contribution < -0.4 is 20.1 Å². The lowest BCUT2D eigenvalue weighted by Gasteiger charge is -2.13. The smallest absolute Gasteiger partial charge is 0.272 e. The van der Waals surface area contributed by atoms with E-state index in [1.807, 2.05) is 47.8 Å². The second kappa shape index (κ2) is 10.0. The molecule has 0 aliphatic heterocycles. The Morgan fingerprint density at radius 2 is 1.67 bits per heavy atom. The van der Waals surface area contributed by atoms with E-state index in [-0.39, 0.29) is 11.6 Å². The Balaban J connectivity index is 1.69. The van der Waals surface area contributed by atoms with E-state index in [0.717, 1.165) is 10.8 Å². The zero-order valence-corrected chi connectivity index (χ0v) is 18.9. The molecule has 7 heteroatoms. The molecule has 4 aromatic rings. The number of rotatable bonds is 7. The number of anilines is 1. The fraction of sp³-hybridized carbons (Fsp3) is 0.0769. The topological polar surface area (TPSA) is 76.7 Å². The maximum absolute atomic E-state index is 13.3. The second-order valence-corrected chi connectivity index (χ2v) is 8.03. The summed E-state index contributed by atoms with van der Waals surface area (Å²) in [5.74, 6) is 0.291. The van der Waals surface area contributed by atoms with Gasteiger partial charge in [0.1, 0.15) is 5.70 Å². The molecule has 1 heterocycles. The van der Waals surface area contributed by atoms with Gasteiger partial charge in [-0.25, -0.2) is 0 Å². The van der Waals surface area contributed by atoms with Crippen LogP contribution in [0.5, 0.6) is 11.5 Å². The number of thiophene rings is 1. The lowest BCUT2D eigenvalue weighted by molar-refractivity contribution is -0.113. The fourth-order valence-corrected chi connectivity index (χ4v) is 4.00. The predicted molar refractivity (Wildman–Crippen MR) is 132 cm³/mol. The van der Waals surface area contributed by atoms with Gasteiger partial charge in [0, 0.05) is 11.1 Å². The van der Waals surface area contributed by atoms with Gasteiger partial charge in [0.25, 0.3) is 11.8 Å². The zero-order valence-electron chi connectivity index (χ0n) is 18.1. The minimum Gasteiger partial charge on any atom is -0.493 e. The number of fused-ring (bicyclic) bond motifs is 1. The van der Waals surface area contributed by atoms with Crippen LogP contribution in [0.3, 0.4) is 0 Å². The van der Waals surface area contributed by atoms with E-state index in [2.05, 4.69) is 10.6 Å². The minimum absolute atomic E-state index is 0.105. The maximum Gasteiger partial charge on any atom is 0.272 e. The molecule has 0 aliphatic rings. The molecule has 3 aromatic carbocycles. The highest BCUT2D eigenvalue weighted by Gasteiger charge is 2.17. The Kier molecular flexibility index (Phi) is 6.71. The van der Waals surface area contributed by atoms with Crippen molar-refractivity contribution in [2.45, 2.75) is 0 Å². The standard InChI is InChI=1S/C26H22N2O4S/c1-31-22-13-12-17(16-23(22)32-2)15-21(28-26(30)24-11-6-14-33-24)25(29)27-20-10-5-8-18-7-3-4-9-19(18)20/h3-16H,1-2H3,(H,27,29)(H,28,30). The molecule has 0 saturated heterocycles. The van der Waals surface area contributed by atoms with E-state index in [0.29, 0.717) is 27.6 Å². The summed E-state index contributed by atoms with van der Waals surface area (Å²) in [5.41, 5.74) is 1.43. The van der Waals surface area contributed by atoms with Crippen molar-refractivity contribution in [3.05, 3.63) is 94.3 Å². The maximum atomic E-state index is 13.3. The number of methoxy groups -OCH3 is 2. The van der Waals surface area contributed by atoms with Crippen LogP contribution >= 0.6 is 11.3 Å². The molecule has 0 aliphatic carbocycles. The molecule has 2 N–H and O–H groups in total. The van der Waals surface area contributed by atoms with Crippen molar-refractivity contribution in [2.75, 3.05) is 19.5 Å². The molecule has 6 nitrogen and oxygen atoms in total. The first-order valence-electron chi connectivity index (χ1n) is 10.2. The van der Waals surface area contributed by atoms with Crippen LogP contribution in [0.4, 0.5) is 5.69 Å². The first-order valence-corrected chi connectivity index (χ1v) is 11.0. The Labute approximate surface area is 195 Å². The van der Waals surface area contributed by atoms with Crippen molar-refractivity contribution in [3.8, 4) is 11.5 Å². The van der Waals surface area contributed by atoms with Gasteiger partial charge in [-0.1, -0.05) is 48.5 Å². The zero-order chi connectivity index (χ0) is 23.2. The molecule has 0 radical (unpaired) electrons. The highest BCUT2D eigenvalue weighted by atomic mass is 32.1. The van der Waals surface area contributed by atoms with Gasteiger partial charge in [-0.3, -0.25) is 9.59 Å². The number of nitrogens with one attached hydrogen (secondary N) is 2. The number of ether oxygens (including phenoxy) is 2. The van der Waals surface area contributed by atoms with Gasteiger partial charge in [-0.15, -0.1) is 11.3 Å². The van der Waals surface area contributed by atoms with Gasteiger partial charge < -0.3 is 20.1 Å². The molecular weight excluding hydrogens is 436 g/mol. The van der Waals surface area contributed by atoms with Gasteiger partial charge in [0.2, 0.25) is 0 Å². The molecule has 4 rings (SSSR count). The van der Waals surface area contributed by atoms with Crippen LogP contribution in [0.1, 0.15) is 15.2 Å². The Bertz CT molecular complexity index is 1320. The number of benzene rings is 3. The van der Waals surface area contributed by atoms with Crippen LogP contribution in [0.25, 0.3) is 16.8 Å². The van der Waals surface area contributed by atoms with Gasteiger partial charge >= 0.3 is 0 Å². The summed E-state index contributed by atoms with van der Waals surface area (Å²) in [7, 11) is 3.09. The third-order valence-electron chi connectivity index (χ3n) is 4.99. The summed E-state index contributed by atoms with van der Waals surface area (Å²) in [6, 6.07) is 22.2. The quantitative estimate of drug-likeness (QED) is 0.367. The average molecular weight is 459 g/mol. The van der Waals surface area contributed by atoms with Crippen molar-refractivity contribution < 1.29 is 19.1 Å². The first kappa shape index (κ1) is 22.1. The highest BCUT2D eigenvalue weighted by Crippen LogP contribution is 2.29. The molecule has 0 spiro atoms. The molecule has 1 aromatic heterocycles. The summed E-state index contributed by atoms with van der Waals surface area (Å²) >= 11 is 1.30. The van der Waals surface area contributed by atoms with Gasteiger partial charge in [0.15, 0.2) is 11.5 Å². The predicted octanol–water partition coefficient (Wildman–Crippen LogP) is 5.33. The summed E-state index contributed by atoms with van der Waals surface area (Å²) in [6.45, 7) is 0. The molecule has 0 bridgehead atoms. The van der Waals surface area contributed by atoms with E-state index in [1.54, 1.807) is 43.5 Å². The molecule has 166 valence electrons. The summed E-state index contributed by atoms with van der Waals surface area (Å²) in [4.78, 5) is 26.5. The Morgan fingerprint density at radius 1 is 0.879 bits per heavy atom. The third kappa shape index (κ3) is 5.05. The van der Waals surface area contributed by atoms with E-state index >= 15 is 0 Å². The number of amides is 2. The van der Waals surface area contributed by atoms with Gasteiger partial charge in [-0.2, -0.15) is 0 Å². The summed E-state index contributed by atoms with van der Waals surface area (Å²) in [6.07, 6.45) is 1.61. The SMILES string of the molecule is COc1ccc(C=C(NC(=O)c2cccs2)C(=O)Nc2cccc3ccccc23)cc1OC. The number of carbonyl (C=O) groups excluding carboxylic acids is 2. The monoisotopic (exact) mass is 458 g/mol. The van der Waals surface area contributed by atoms with Crippen LogP contribution in [0.2, 0.25) is 0 Å². The van der Waals surface area contributed by atoms with Gasteiger partial charge in [0.05, 0.1) is 19.1 Å². The van der Waals surface area contributed by atoms with E-state index in [1.165, 1.54) is 18.4 Å². The van der Waals surface area contributed by atoms with Crippen molar-refractivity contribution in [3.63, 3.8) is 0 Å². The number of hydrogen-bond acceptors (Lipinski definition) is 5. The third-order valence-corrected chi connectivity index (χ3v) is 5.86. The van der Waals surface area contributed by atoms with E-state index in [4.69, 9.17) is 9.47 Å². The van der Waals surface area contributed by atoms with Crippen LogP contribution in [0, 0.1) is 0 Å². The van der Waals surface area contributed by atoms with Crippen molar-refractivity contribution >= 4 is 45.7 Å². The Morgan fingerprint density at radius 3 is 2.42 bits per heavy atom. The van der Waals surface area contributed by atoms with Crippen molar-refractivity contribution in [2.24, 2.45) is 0 Å². The fourth-order valence-electron chi connectivity index (χ4n) is 3.38. The lowest BCUT2D eigenvalue weighted by atomic mass is 10.1. The molecule has 0 fully saturated rings. The lowest BCUT2D eigenvalue weighted by Crippen LogP contribution is -2.30. The van der Waals surface area contributed by atoms with Crippen LogP contribution in [-0.2, 0) is 4.79 Å². The highest BCUT2D eigenvalue weighted by molar-refractivity contribution is 7.12. The van der Waals surface area contributed by atoms with E-state index < -0.39 is 5.91 Å². The van der Waals surface area contributed by atoms with Crippen molar-refractivity contribution in [1.29, 1.82) is 0 Å². The average Bonchev–Trinajstić information content (AvgIpc) is 3.39. The van der Waals surface area contributed by atoms with E-state index in [9.17, 15) is 9.59 Å². The second-order valence-electron chi connectivity index (χ2n) is 7.08. The first-order chi connectivity index (χ1) is 16.1. The minimum atomic E-state index is -0.439. The van der Waals surface area contributed by atoms with Crippen LogP contribution in [0.15, 0.2) is 83.9 Å². The number of carbonyl (C=O) groups is 2. The van der Waals surface area contributed by atoms with Crippen molar-refractivity contribution in [1.82, 2.24) is 5.32 Å². The number of hydrogen-bond donors (Lipinski definition) is 2. The van der Waals surface area contributed by atoms with Gasteiger partial charge in [-0.05, 0) is 46.7 Å². The molecule has 0 unspecified atom stereocenters. The molecular formula is C26H22N2O4S. The largest absolute Gasteiger partial charge is 0.493 e. The summed E-state index contributed by atoms with van der Waals surface area (Å²) in [5, 5.41) is 9.40. The Hall–Kier alpha value is -4.10. The normalized spacial score (nSPS) is 11.2.